The Hall–Kier alpha value is -3.68. The molecule has 0 aliphatic rings. The van der Waals surface area contributed by atoms with Crippen molar-refractivity contribution in [2.75, 3.05) is 7.05 Å². The van der Waals surface area contributed by atoms with Crippen LogP contribution in [0.2, 0.25) is 0 Å². The van der Waals surface area contributed by atoms with E-state index in [1.165, 1.54) is 9.08 Å². The molecule has 0 unspecified atom stereocenters. The fourth-order valence-electron chi connectivity index (χ4n) is 2.85. The lowest BCUT2D eigenvalue weighted by Gasteiger charge is -2.15. The summed E-state index contributed by atoms with van der Waals surface area (Å²) in [7, 11) is 1.70. The molecule has 4 aromatic rings. The Morgan fingerprint density at radius 1 is 1.11 bits per heavy atom. The molecule has 0 fully saturated rings. The van der Waals surface area contributed by atoms with Crippen molar-refractivity contribution < 1.29 is 4.79 Å². The molecule has 27 heavy (non-hydrogen) atoms. The summed E-state index contributed by atoms with van der Waals surface area (Å²) in [6.45, 7) is 0.289. The SMILES string of the molecule is CN(Cc1cnn(-c2ccccc2)c1)C(=O)Cn1nc2ccccn2c1=O. The summed E-state index contributed by atoms with van der Waals surface area (Å²) < 4.78 is 4.36. The van der Waals surface area contributed by atoms with Crippen LogP contribution in [-0.4, -0.2) is 41.8 Å². The van der Waals surface area contributed by atoms with Crippen molar-refractivity contribution in [3.05, 3.63) is 83.2 Å². The van der Waals surface area contributed by atoms with E-state index in [0.29, 0.717) is 12.2 Å². The highest BCUT2D eigenvalue weighted by molar-refractivity contribution is 5.75. The van der Waals surface area contributed by atoms with E-state index in [0.717, 1.165) is 11.3 Å². The standard InChI is InChI=1S/C19H18N6O2/c1-22(12-15-11-20-24(13-15)16-7-3-2-4-8-16)18(26)14-25-19(27)23-10-6-5-9-17(23)21-25/h2-11,13H,12,14H2,1H3. The molecular formula is C19H18N6O2. The number of fused-ring (bicyclic) bond motifs is 1. The monoisotopic (exact) mass is 362 g/mol. The van der Waals surface area contributed by atoms with Crippen LogP contribution in [0.4, 0.5) is 0 Å². The number of nitrogens with zero attached hydrogens (tertiary/aromatic N) is 6. The van der Waals surface area contributed by atoms with E-state index in [2.05, 4.69) is 10.2 Å². The largest absolute Gasteiger partial charge is 0.350 e. The summed E-state index contributed by atoms with van der Waals surface area (Å²) in [5.74, 6) is -0.201. The van der Waals surface area contributed by atoms with Gasteiger partial charge in [0.15, 0.2) is 5.65 Å². The third kappa shape index (κ3) is 3.37. The molecule has 8 nitrogen and oxygen atoms in total. The second-order valence-electron chi connectivity index (χ2n) is 6.25. The molecule has 3 heterocycles. The number of hydrogen-bond donors (Lipinski definition) is 0. The summed E-state index contributed by atoms with van der Waals surface area (Å²) in [6.07, 6.45) is 5.25. The van der Waals surface area contributed by atoms with Gasteiger partial charge in [0.2, 0.25) is 5.91 Å². The molecule has 0 N–H and O–H groups in total. The molecule has 0 bridgehead atoms. The summed E-state index contributed by atoms with van der Waals surface area (Å²) in [5, 5.41) is 8.52. The van der Waals surface area contributed by atoms with E-state index in [-0.39, 0.29) is 18.1 Å². The van der Waals surface area contributed by atoms with Crippen LogP contribution in [0, 0.1) is 0 Å². The van der Waals surface area contributed by atoms with Crippen molar-refractivity contribution in [1.82, 2.24) is 28.9 Å². The van der Waals surface area contributed by atoms with E-state index < -0.39 is 0 Å². The van der Waals surface area contributed by atoms with E-state index in [4.69, 9.17) is 0 Å². The number of pyridine rings is 1. The number of carbonyl (C=O) groups is 1. The highest BCUT2D eigenvalue weighted by atomic mass is 16.2. The first-order chi connectivity index (χ1) is 13.1. The van der Waals surface area contributed by atoms with Gasteiger partial charge in [-0.15, -0.1) is 5.10 Å². The molecule has 0 saturated carbocycles. The van der Waals surface area contributed by atoms with Crippen molar-refractivity contribution in [2.45, 2.75) is 13.1 Å². The molecule has 136 valence electrons. The second-order valence-corrected chi connectivity index (χ2v) is 6.25. The molecule has 3 aromatic heterocycles. The molecule has 0 atom stereocenters. The van der Waals surface area contributed by atoms with E-state index >= 15 is 0 Å². The van der Waals surface area contributed by atoms with Crippen LogP contribution < -0.4 is 5.69 Å². The first kappa shape index (κ1) is 16.8. The summed E-state index contributed by atoms with van der Waals surface area (Å²) >= 11 is 0. The molecule has 1 amide bonds. The van der Waals surface area contributed by atoms with Gasteiger partial charge in [-0.2, -0.15) is 5.10 Å². The van der Waals surface area contributed by atoms with Gasteiger partial charge in [-0.3, -0.25) is 9.20 Å². The maximum atomic E-state index is 12.5. The van der Waals surface area contributed by atoms with Crippen LogP contribution in [0.1, 0.15) is 5.56 Å². The molecule has 8 heteroatoms. The molecule has 1 aromatic carbocycles. The maximum absolute atomic E-state index is 12.5. The molecule has 0 radical (unpaired) electrons. The Labute approximate surface area is 154 Å². The lowest BCUT2D eigenvalue weighted by molar-refractivity contribution is -0.131. The van der Waals surface area contributed by atoms with Gasteiger partial charge in [-0.05, 0) is 24.3 Å². The fourth-order valence-corrected chi connectivity index (χ4v) is 2.85. The Kier molecular flexibility index (Phi) is 4.29. The topological polar surface area (TPSA) is 77.4 Å². The normalized spacial score (nSPS) is 11.0. The summed E-state index contributed by atoms with van der Waals surface area (Å²) in [6, 6.07) is 15.0. The first-order valence-electron chi connectivity index (χ1n) is 8.49. The molecule has 0 aliphatic carbocycles. The third-order valence-electron chi connectivity index (χ3n) is 4.28. The zero-order valence-corrected chi connectivity index (χ0v) is 14.8. The van der Waals surface area contributed by atoms with Gasteiger partial charge in [0, 0.05) is 31.5 Å². The highest BCUT2D eigenvalue weighted by Gasteiger charge is 2.15. The maximum Gasteiger partial charge on any atom is 0.350 e. The Morgan fingerprint density at radius 3 is 2.67 bits per heavy atom. The van der Waals surface area contributed by atoms with Crippen molar-refractivity contribution >= 4 is 11.6 Å². The lowest BCUT2D eigenvalue weighted by atomic mass is 10.3. The van der Waals surface area contributed by atoms with Gasteiger partial charge in [-0.25, -0.2) is 14.2 Å². The van der Waals surface area contributed by atoms with Crippen molar-refractivity contribution in [2.24, 2.45) is 0 Å². The van der Waals surface area contributed by atoms with E-state index in [1.54, 1.807) is 47.2 Å². The highest BCUT2D eigenvalue weighted by Crippen LogP contribution is 2.09. The van der Waals surface area contributed by atoms with Crippen molar-refractivity contribution in [1.29, 1.82) is 0 Å². The van der Waals surface area contributed by atoms with Gasteiger partial charge in [0.25, 0.3) is 0 Å². The zero-order chi connectivity index (χ0) is 18.8. The first-order valence-corrected chi connectivity index (χ1v) is 8.49. The molecule has 0 spiro atoms. The van der Waals surface area contributed by atoms with Crippen molar-refractivity contribution in [3.8, 4) is 5.69 Å². The zero-order valence-electron chi connectivity index (χ0n) is 14.8. The number of likely N-dealkylation sites (N-methyl/N-ethyl adjacent to an activating group) is 1. The molecular weight excluding hydrogens is 344 g/mol. The van der Waals surface area contributed by atoms with Crippen LogP contribution in [-0.2, 0) is 17.9 Å². The van der Waals surface area contributed by atoms with E-state index in [1.807, 2.05) is 36.5 Å². The predicted molar refractivity (Wildman–Crippen MR) is 99.5 cm³/mol. The Morgan fingerprint density at radius 2 is 1.89 bits per heavy atom. The minimum Gasteiger partial charge on any atom is -0.340 e. The number of aromatic nitrogens is 5. The molecule has 0 aliphatic heterocycles. The predicted octanol–water partition coefficient (Wildman–Crippen LogP) is 1.34. The minimum absolute atomic E-state index is 0.107. The fraction of sp³-hybridized carbons (Fsp3) is 0.158. The van der Waals surface area contributed by atoms with Crippen LogP contribution in [0.5, 0.6) is 0 Å². The van der Waals surface area contributed by atoms with Gasteiger partial charge in [-0.1, -0.05) is 24.3 Å². The van der Waals surface area contributed by atoms with Crippen LogP contribution >= 0.6 is 0 Å². The van der Waals surface area contributed by atoms with Gasteiger partial charge in [0.05, 0.1) is 11.9 Å². The molecule has 4 rings (SSSR count). The van der Waals surface area contributed by atoms with E-state index in [9.17, 15) is 9.59 Å². The van der Waals surface area contributed by atoms with Crippen LogP contribution in [0.15, 0.2) is 71.9 Å². The summed E-state index contributed by atoms with van der Waals surface area (Å²) in [4.78, 5) is 26.4. The number of rotatable bonds is 5. The number of hydrogen-bond acceptors (Lipinski definition) is 4. The lowest BCUT2D eigenvalue weighted by Crippen LogP contribution is -2.33. The second kappa shape index (κ2) is 6.91. The number of para-hydroxylation sites is 1. The number of benzene rings is 1. The smallest absolute Gasteiger partial charge is 0.340 e. The number of carbonyl (C=O) groups excluding carboxylic acids is 1. The average Bonchev–Trinajstić information content (AvgIpc) is 3.28. The van der Waals surface area contributed by atoms with Crippen LogP contribution in [0.25, 0.3) is 11.3 Å². The third-order valence-corrected chi connectivity index (χ3v) is 4.28. The van der Waals surface area contributed by atoms with Gasteiger partial charge < -0.3 is 4.90 Å². The van der Waals surface area contributed by atoms with Crippen molar-refractivity contribution in [3.63, 3.8) is 0 Å². The Bertz CT molecular complexity index is 1140. The Balaban J connectivity index is 1.46. The molecule has 0 saturated heterocycles. The van der Waals surface area contributed by atoms with Gasteiger partial charge in [0.1, 0.15) is 6.54 Å². The number of amides is 1. The minimum atomic E-state index is -0.329. The summed E-state index contributed by atoms with van der Waals surface area (Å²) in [5.41, 5.74) is 2.04. The van der Waals surface area contributed by atoms with Gasteiger partial charge >= 0.3 is 5.69 Å². The quantitative estimate of drug-likeness (QED) is 0.537. The van der Waals surface area contributed by atoms with Crippen LogP contribution in [0.3, 0.4) is 0 Å². The average molecular weight is 362 g/mol.